The van der Waals surface area contributed by atoms with E-state index in [9.17, 15) is 4.79 Å². The number of Topliss-reactive ketones (excluding diaryl/α,β-unsaturated/α-hetero) is 1. The van der Waals surface area contributed by atoms with Crippen molar-refractivity contribution in [3.8, 4) is 0 Å². The number of hydrogen-bond donors (Lipinski definition) is 0. The molecule has 94 valence electrons. The Morgan fingerprint density at radius 3 is 3.00 bits per heavy atom. The van der Waals surface area contributed by atoms with Crippen LogP contribution >= 0.6 is 15.9 Å². The highest BCUT2D eigenvalue weighted by Gasteiger charge is 2.27. The van der Waals surface area contributed by atoms with Crippen molar-refractivity contribution in [2.75, 3.05) is 0 Å². The average Bonchev–Trinajstić information content (AvgIpc) is 2.82. The lowest BCUT2D eigenvalue weighted by atomic mass is 10.1. The summed E-state index contributed by atoms with van der Waals surface area (Å²) < 4.78 is 0.990. The Hall–Kier alpha value is -1.42. The van der Waals surface area contributed by atoms with Crippen LogP contribution in [0, 0.1) is 0 Å². The Labute approximate surface area is 115 Å². The van der Waals surface area contributed by atoms with Gasteiger partial charge in [-0.25, -0.2) is 0 Å². The molecule has 2 rings (SSSR count). The zero-order valence-electron chi connectivity index (χ0n) is 10.4. The Morgan fingerprint density at radius 1 is 1.50 bits per heavy atom. The zero-order valence-corrected chi connectivity index (χ0v) is 12.0. The Bertz CT molecular complexity index is 508. The molecule has 0 aromatic heterocycles. The number of hydrogen-bond acceptors (Lipinski definition) is 3. The Balaban J connectivity index is 2.21. The first-order valence-corrected chi connectivity index (χ1v) is 6.63. The molecule has 0 bridgehead atoms. The summed E-state index contributed by atoms with van der Waals surface area (Å²) in [5, 5.41) is 0. The van der Waals surface area contributed by atoms with Gasteiger partial charge in [-0.2, -0.15) is 0 Å². The van der Waals surface area contributed by atoms with Crippen LogP contribution in [0.15, 0.2) is 51.4 Å². The molecule has 1 unspecified atom stereocenters. The van der Waals surface area contributed by atoms with Crippen LogP contribution in [0.1, 0.15) is 20.3 Å². The predicted molar refractivity (Wildman–Crippen MR) is 77.4 cm³/mol. The summed E-state index contributed by atoms with van der Waals surface area (Å²) in [5.41, 5.74) is 1.35. The monoisotopic (exact) mass is 306 g/mol. The van der Waals surface area contributed by atoms with Crippen LogP contribution in [0.4, 0.5) is 0 Å². The van der Waals surface area contributed by atoms with Crippen LogP contribution in [-0.2, 0) is 4.79 Å². The number of aliphatic imine (C=N–C) groups is 1. The molecular formula is C14H15BrN2O. The molecule has 2 heterocycles. The van der Waals surface area contributed by atoms with Gasteiger partial charge >= 0.3 is 0 Å². The number of rotatable bonds is 3. The molecule has 0 aliphatic carbocycles. The lowest BCUT2D eigenvalue weighted by Crippen LogP contribution is -2.33. The van der Waals surface area contributed by atoms with E-state index in [1.807, 2.05) is 43.3 Å². The predicted octanol–water partition coefficient (Wildman–Crippen LogP) is 3.31. The number of halogens is 1. The Morgan fingerprint density at radius 2 is 2.28 bits per heavy atom. The first kappa shape index (κ1) is 13.0. The lowest BCUT2D eigenvalue weighted by Gasteiger charge is -2.26. The van der Waals surface area contributed by atoms with Crippen LogP contribution in [0.3, 0.4) is 0 Å². The number of carbonyl (C=O) groups is 1. The molecule has 0 fully saturated rings. The van der Waals surface area contributed by atoms with E-state index in [1.54, 1.807) is 6.20 Å². The molecule has 1 atom stereocenters. The van der Waals surface area contributed by atoms with E-state index in [4.69, 9.17) is 0 Å². The molecule has 2 aliphatic rings. The van der Waals surface area contributed by atoms with Gasteiger partial charge in [-0.1, -0.05) is 34.2 Å². The standard InChI is InChI=1S/C14H15BrN2O/c1-10(5-6-11(2)15)14(18)13-9-16-8-12-4-3-7-17(12)13/h3,5-9,12H,4H2,1-2H3/b10-5+,11-6+. The van der Waals surface area contributed by atoms with E-state index < -0.39 is 0 Å². The summed E-state index contributed by atoms with van der Waals surface area (Å²) in [4.78, 5) is 18.5. The smallest absolute Gasteiger partial charge is 0.206 e. The minimum atomic E-state index is 0.0217. The van der Waals surface area contributed by atoms with E-state index >= 15 is 0 Å². The van der Waals surface area contributed by atoms with E-state index in [1.165, 1.54) is 0 Å². The highest BCUT2D eigenvalue weighted by Crippen LogP contribution is 2.24. The number of allylic oxidation sites excluding steroid dienone is 4. The number of fused-ring (bicyclic) bond motifs is 1. The molecule has 0 saturated carbocycles. The molecule has 0 radical (unpaired) electrons. The van der Waals surface area contributed by atoms with E-state index in [0.717, 1.165) is 10.9 Å². The normalized spacial score (nSPS) is 23.2. The molecule has 4 heteroatoms. The van der Waals surface area contributed by atoms with E-state index in [2.05, 4.69) is 27.0 Å². The van der Waals surface area contributed by atoms with Gasteiger partial charge in [0.2, 0.25) is 5.78 Å². The molecule has 0 aromatic carbocycles. The Kier molecular flexibility index (Phi) is 3.97. The van der Waals surface area contributed by atoms with Crippen molar-refractivity contribution in [3.05, 3.63) is 46.4 Å². The first-order valence-electron chi connectivity index (χ1n) is 5.83. The summed E-state index contributed by atoms with van der Waals surface area (Å²) in [7, 11) is 0. The number of ketones is 1. The van der Waals surface area contributed by atoms with Gasteiger partial charge in [0, 0.05) is 12.4 Å². The molecule has 0 saturated heterocycles. The third-order valence-electron chi connectivity index (χ3n) is 2.89. The topological polar surface area (TPSA) is 32.7 Å². The molecule has 0 amide bonds. The van der Waals surface area contributed by atoms with Crippen LogP contribution in [0.25, 0.3) is 0 Å². The van der Waals surface area contributed by atoms with Crippen molar-refractivity contribution in [2.45, 2.75) is 26.3 Å². The number of carbonyl (C=O) groups excluding carboxylic acids is 1. The van der Waals surface area contributed by atoms with Crippen molar-refractivity contribution in [2.24, 2.45) is 4.99 Å². The first-order chi connectivity index (χ1) is 8.59. The summed E-state index contributed by atoms with van der Waals surface area (Å²) >= 11 is 3.34. The van der Waals surface area contributed by atoms with E-state index in [0.29, 0.717) is 11.3 Å². The molecule has 0 N–H and O–H groups in total. The fourth-order valence-electron chi connectivity index (χ4n) is 1.90. The average molecular weight is 307 g/mol. The minimum Gasteiger partial charge on any atom is -0.335 e. The van der Waals surface area contributed by atoms with Gasteiger partial charge in [0.1, 0.15) is 5.70 Å². The third kappa shape index (κ3) is 2.70. The lowest BCUT2D eigenvalue weighted by molar-refractivity contribution is -0.113. The zero-order chi connectivity index (χ0) is 13.1. The summed E-state index contributed by atoms with van der Waals surface area (Å²) in [6, 6.07) is 0.204. The van der Waals surface area contributed by atoms with Crippen LogP contribution in [-0.4, -0.2) is 22.9 Å². The number of nitrogens with zero attached hydrogens (tertiary/aromatic N) is 2. The quantitative estimate of drug-likeness (QED) is 0.592. The van der Waals surface area contributed by atoms with Crippen molar-refractivity contribution in [1.29, 1.82) is 0 Å². The van der Waals surface area contributed by atoms with Gasteiger partial charge in [0.25, 0.3) is 0 Å². The fourth-order valence-corrected chi connectivity index (χ4v) is 2.03. The van der Waals surface area contributed by atoms with Gasteiger partial charge in [0.15, 0.2) is 0 Å². The minimum absolute atomic E-state index is 0.0217. The second-order valence-electron chi connectivity index (χ2n) is 4.34. The summed E-state index contributed by atoms with van der Waals surface area (Å²) in [5.74, 6) is 0.0217. The molecule has 0 spiro atoms. The van der Waals surface area contributed by atoms with Gasteiger partial charge in [0.05, 0.1) is 12.2 Å². The highest BCUT2D eigenvalue weighted by atomic mass is 79.9. The van der Waals surface area contributed by atoms with Crippen molar-refractivity contribution >= 4 is 27.9 Å². The van der Waals surface area contributed by atoms with Gasteiger partial charge in [-0.15, -0.1) is 0 Å². The summed E-state index contributed by atoms with van der Waals surface area (Å²) in [6.07, 6.45) is 12.1. The molecule has 18 heavy (non-hydrogen) atoms. The maximum atomic E-state index is 12.3. The maximum Gasteiger partial charge on any atom is 0.206 e. The molecule has 2 aliphatic heterocycles. The van der Waals surface area contributed by atoms with Gasteiger partial charge in [-0.05, 0) is 30.3 Å². The van der Waals surface area contributed by atoms with Crippen LogP contribution in [0.5, 0.6) is 0 Å². The molecule has 0 aromatic rings. The van der Waals surface area contributed by atoms with Crippen LogP contribution < -0.4 is 0 Å². The maximum absolute atomic E-state index is 12.3. The molecule has 3 nitrogen and oxygen atoms in total. The van der Waals surface area contributed by atoms with Crippen molar-refractivity contribution in [3.63, 3.8) is 0 Å². The highest BCUT2D eigenvalue weighted by molar-refractivity contribution is 9.11. The largest absolute Gasteiger partial charge is 0.335 e. The third-order valence-corrected chi connectivity index (χ3v) is 3.15. The van der Waals surface area contributed by atoms with Crippen molar-refractivity contribution in [1.82, 2.24) is 4.90 Å². The van der Waals surface area contributed by atoms with E-state index in [-0.39, 0.29) is 11.8 Å². The van der Waals surface area contributed by atoms with Crippen LogP contribution in [0.2, 0.25) is 0 Å². The SMILES string of the molecule is C/C(Br)=C\C=C(/C)C(=O)C1=CN=CC2CC=CN12. The fraction of sp³-hybridized carbons (Fsp3) is 0.286. The van der Waals surface area contributed by atoms with Gasteiger partial charge < -0.3 is 4.90 Å². The van der Waals surface area contributed by atoms with Gasteiger partial charge in [-0.3, -0.25) is 9.79 Å². The van der Waals surface area contributed by atoms with Crippen molar-refractivity contribution < 1.29 is 4.79 Å². The molecular weight excluding hydrogens is 292 g/mol. The second kappa shape index (κ2) is 5.48. The second-order valence-corrected chi connectivity index (χ2v) is 5.59. The summed E-state index contributed by atoms with van der Waals surface area (Å²) in [6.45, 7) is 3.75.